The third-order valence-corrected chi connectivity index (χ3v) is 9.89. The van der Waals surface area contributed by atoms with Crippen molar-refractivity contribution in [2.75, 3.05) is 18.1 Å². The van der Waals surface area contributed by atoms with E-state index in [1.165, 1.54) is 51.2 Å². The monoisotopic (exact) mass is 693 g/mol. The summed E-state index contributed by atoms with van der Waals surface area (Å²) < 4.78 is 10.4. The normalized spacial score (nSPS) is 16.0. The molecule has 0 aromatic heterocycles. The lowest BCUT2D eigenvalue weighted by Crippen LogP contribution is -2.21. The molecule has 0 amide bonds. The Labute approximate surface area is 305 Å². The predicted octanol–water partition coefficient (Wildman–Crippen LogP) is 13.6. The highest BCUT2D eigenvalue weighted by atomic mass is 31.2. The minimum absolute atomic E-state index is 0.150. The summed E-state index contributed by atoms with van der Waals surface area (Å²) >= 11 is 0. The van der Waals surface area contributed by atoms with Crippen molar-refractivity contribution in [3.8, 4) is 11.1 Å². The molecular formula is C46H64NO2P. The van der Waals surface area contributed by atoms with E-state index in [9.17, 15) is 4.57 Å². The first-order valence-corrected chi connectivity index (χ1v) is 20.5. The van der Waals surface area contributed by atoms with Gasteiger partial charge < -0.3 is 10.2 Å². The van der Waals surface area contributed by atoms with Gasteiger partial charge in [0.1, 0.15) is 0 Å². The van der Waals surface area contributed by atoms with Crippen LogP contribution in [0.1, 0.15) is 90.5 Å². The summed E-state index contributed by atoms with van der Waals surface area (Å²) in [5.74, 6) is 0.623. The molecular weight excluding hydrogens is 629 g/mol. The number of anilines is 1. The first kappa shape index (κ1) is 42.5. The van der Waals surface area contributed by atoms with Gasteiger partial charge in [0.25, 0.3) is 0 Å². The van der Waals surface area contributed by atoms with E-state index in [-0.39, 0.29) is 11.3 Å². The van der Waals surface area contributed by atoms with Gasteiger partial charge in [0, 0.05) is 30.1 Å². The van der Waals surface area contributed by atoms with Crippen molar-refractivity contribution in [3.63, 3.8) is 0 Å². The van der Waals surface area contributed by atoms with Crippen molar-refractivity contribution < 1.29 is 9.46 Å². The summed E-state index contributed by atoms with van der Waals surface area (Å²) in [6, 6.07) is 24.3. The first-order valence-electron chi connectivity index (χ1n) is 18.2. The zero-order valence-electron chi connectivity index (χ0n) is 32.9. The minimum atomic E-state index is -2.67. The van der Waals surface area contributed by atoms with Crippen LogP contribution in [0.3, 0.4) is 0 Å². The van der Waals surface area contributed by atoms with Gasteiger partial charge in [-0.25, -0.2) is 0 Å². The fourth-order valence-corrected chi connectivity index (χ4v) is 6.74. The number of hydrogen-bond acceptors (Lipinski definition) is 2. The maximum atomic E-state index is 10.4. The van der Waals surface area contributed by atoms with Crippen LogP contribution < -0.4 is 5.32 Å². The predicted molar refractivity (Wildman–Crippen MR) is 223 cm³/mol. The topological polar surface area (TPSA) is 49.3 Å². The van der Waals surface area contributed by atoms with E-state index in [0.717, 1.165) is 36.2 Å². The Kier molecular flexibility index (Phi) is 16.7. The molecule has 0 heterocycles. The maximum absolute atomic E-state index is 10.4. The Morgan fingerprint density at radius 2 is 1.64 bits per heavy atom. The van der Waals surface area contributed by atoms with Gasteiger partial charge in [0.15, 0.2) is 7.37 Å². The molecule has 2 N–H and O–H groups in total. The van der Waals surface area contributed by atoms with Crippen LogP contribution in [0.15, 0.2) is 121 Å². The second kappa shape index (κ2) is 19.7. The van der Waals surface area contributed by atoms with E-state index in [4.69, 9.17) is 4.89 Å². The van der Waals surface area contributed by atoms with Crippen molar-refractivity contribution >= 4 is 18.6 Å². The molecule has 1 aliphatic rings. The number of nitrogens with one attached hydrogen (secondary N) is 1. The molecule has 0 radical (unpaired) electrons. The molecule has 0 spiro atoms. The van der Waals surface area contributed by atoms with Crippen molar-refractivity contribution in [1.82, 2.24) is 0 Å². The van der Waals surface area contributed by atoms with E-state index in [1.807, 2.05) is 20.8 Å². The number of rotatable bonds is 11. The fourth-order valence-electron chi connectivity index (χ4n) is 5.91. The van der Waals surface area contributed by atoms with Crippen molar-refractivity contribution in [1.29, 1.82) is 0 Å². The summed E-state index contributed by atoms with van der Waals surface area (Å²) in [6.07, 6.45) is 12.5. The quantitative estimate of drug-likeness (QED) is 0.197. The van der Waals surface area contributed by atoms with Gasteiger partial charge in [-0.05, 0) is 96.9 Å². The largest absolute Gasteiger partial charge is 0.359 e. The van der Waals surface area contributed by atoms with Crippen molar-refractivity contribution in [2.45, 2.75) is 88.5 Å². The number of allylic oxidation sites excluding steroid dienone is 7. The number of benzene rings is 3. The highest BCUT2D eigenvalue weighted by molar-refractivity contribution is 7.57. The van der Waals surface area contributed by atoms with E-state index in [0.29, 0.717) is 12.1 Å². The second-order valence-electron chi connectivity index (χ2n) is 14.7. The van der Waals surface area contributed by atoms with Crippen LogP contribution in [-0.2, 0) is 11.0 Å². The zero-order chi connectivity index (χ0) is 37.6. The number of aryl methyl sites for hydroxylation is 2. The summed E-state index contributed by atoms with van der Waals surface area (Å²) in [5.41, 5.74) is 13.7. The fraction of sp³-hybridized carbons (Fsp3) is 0.391. The molecule has 0 aliphatic heterocycles. The minimum Gasteiger partial charge on any atom is -0.359 e. The molecule has 3 aromatic carbocycles. The molecule has 3 unspecified atom stereocenters. The SMILES string of the molecule is C=C(C)c1ccc(CC(C(=C)Nc2ccc(-c3ccc(C)cc3C)cc2)C2=CC(/C=C/C(C)(C)C)=CCC2C)cc1.CC.CCCP(C)(=O)O. The molecule has 0 saturated heterocycles. The molecule has 4 heteroatoms. The van der Waals surface area contributed by atoms with Crippen LogP contribution in [0.25, 0.3) is 16.7 Å². The number of hydrogen-bond donors (Lipinski definition) is 2. The molecule has 0 fully saturated rings. The molecule has 0 bridgehead atoms. The van der Waals surface area contributed by atoms with E-state index < -0.39 is 7.37 Å². The molecule has 3 atom stereocenters. The Morgan fingerprint density at radius 1 is 1.02 bits per heavy atom. The molecule has 1 aliphatic carbocycles. The first-order chi connectivity index (χ1) is 23.5. The Morgan fingerprint density at radius 3 is 2.14 bits per heavy atom. The smallest absolute Gasteiger partial charge is 0.197 e. The van der Waals surface area contributed by atoms with Gasteiger partial charge in [-0.3, -0.25) is 4.57 Å². The summed E-state index contributed by atoms with van der Waals surface area (Å²) in [4.78, 5) is 8.57. The van der Waals surface area contributed by atoms with Gasteiger partial charge in [0.05, 0.1) is 0 Å². The Balaban J connectivity index is 0.000000858. The highest BCUT2D eigenvalue weighted by Gasteiger charge is 2.25. The van der Waals surface area contributed by atoms with Crippen LogP contribution in [0.5, 0.6) is 0 Å². The average Bonchev–Trinajstić information content (AvgIpc) is 3.04. The Bertz CT molecular complexity index is 1690. The van der Waals surface area contributed by atoms with Crippen molar-refractivity contribution in [3.05, 3.63) is 143 Å². The van der Waals surface area contributed by atoms with Gasteiger partial charge in [-0.2, -0.15) is 0 Å². The lowest BCUT2D eigenvalue weighted by molar-refractivity contribution is 0.484. The average molecular weight is 694 g/mol. The lowest BCUT2D eigenvalue weighted by Gasteiger charge is -2.30. The van der Waals surface area contributed by atoms with Gasteiger partial charge >= 0.3 is 0 Å². The third-order valence-electron chi connectivity index (χ3n) is 8.62. The van der Waals surface area contributed by atoms with Crippen molar-refractivity contribution in [2.24, 2.45) is 17.3 Å². The lowest BCUT2D eigenvalue weighted by atomic mass is 9.77. The maximum Gasteiger partial charge on any atom is 0.197 e. The molecule has 270 valence electrons. The third kappa shape index (κ3) is 14.3. The standard InChI is InChI=1S/C40H47N.C4H11O2P.C2H6/c1-27(2)34-15-13-32(14-16-34)26-39(38-25-33(12-11-29(38)4)22-23-40(7,8)9)31(6)41-36-19-17-35(18-20-36)37-21-10-28(3)24-30(37)5;1-3-4-7(2,5)6;1-2/h10,12-25,29,39,41H,1,6,11,26H2,2-5,7-9H3;3-4H2,1-2H3,(H,5,6);1-2H3/b23-22+;;. The highest BCUT2D eigenvalue weighted by Crippen LogP contribution is 2.37. The van der Waals surface area contributed by atoms with Crippen LogP contribution in [0.4, 0.5) is 5.69 Å². The molecule has 4 rings (SSSR count). The van der Waals surface area contributed by atoms with E-state index in [1.54, 1.807) is 0 Å². The van der Waals surface area contributed by atoms with Gasteiger partial charge in [0.2, 0.25) is 0 Å². The van der Waals surface area contributed by atoms with Gasteiger partial charge in [-0.1, -0.05) is 157 Å². The Hall–Kier alpha value is -3.65. The molecule has 0 saturated carbocycles. The molecule has 3 nitrogen and oxygen atoms in total. The van der Waals surface area contributed by atoms with E-state index in [2.05, 4.69) is 158 Å². The zero-order valence-corrected chi connectivity index (χ0v) is 33.8. The van der Waals surface area contributed by atoms with Crippen LogP contribution in [0.2, 0.25) is 0 Å². The van der Waals surface area contributed by atoms with Gasteiger partial charge in [-0.15, -0.1) is 0 Å². The van der Waals surface area contributed by atoms with E-state index >= 15 is 0 Å². The summed E-state index contributed by atoms with van der Waals surface area (Å²) in [7, 11) is -2.67. The van der Waals surface area contributed by atoms with Crippen LogP contribution >= 0.6 is 7.37 Å². The summed E-state index contributed by atoms with van der Waals surface area (Å²) in [5, 5.41) is 3.70. The second-order valence-corrected chi connectivity index (χ2v) is 17.3. The van der Waals surface area contributed by atoms with Crippen LogP contribution in [0, 0.1) is 31.1 Å². The molecule has 3 aromatic rings. The van der Waals surface area contributed by atoms with Crippen LogP contribution in [-0.4, -0.2) is 17.7 Å². The molecule has 50 heavy (non-hydrogen) atoms. The summed E-state index contributed by atoms with van der Waals surface area (Å²) in [6.45, 7) is 31.5.